The van der Waals surface area contributed by atoms with Gasteiger partial charge in [-0.2, -0.15) is 0 Å². The molecule has 2 aliphatic rings. The largest absolute Gasteiger partial charge is 0.744 e. The number of benzene rings is 2. The van der Waals surface area contributed by atoms with E-state index in [0.717, 1.165) is 68.7 Å². The molecule has 184 valence electrons. The van der Waals surface area contributed by atoms with Crippen molar-refractivity contribution in [1.82, 2.24) is 0 Å². The number of hydrogen-bond acceptors (Lipinski definition) is 5. The van der Waals surface area contributed by atoms with Crippen LogP contribution in [-0.2, 0) is 10.1 Å². The van der Waals surface area contributed by atoms with E-state index < -0.39 is 16.1 Å². The number of hydrogen-bond donors (Lipinski definition) is 0. The van der Waals surface area contributed by atoms with E-state index in [1.807, 2.05) is 6.07 Å². The molecule has 34 heavy (non-hydrogen) atoms. The van der Waals surface area contributed by atoms with E-state index in [4.69, 9.17) is 4.74 Å². The number of esters is 1. The van der Waals surface area contributed by atoms with Crippen molar-refractivity contribution in [3.63, 3.8) is 0 Å². The molecule has 2 aromatic rings. The van der Waals surface area contributed by atoms with Gasteiger partial charge in [0.2, 0.25) is 0 Å². The second kappa shape index (κ2) is 11.1. The van der Waals surface area contributed by atoms with Crippen LogP contribution in [0.2, 0.25) is 0 Å². The van der Waals surface area contributed by atoms with E-state index in [9.17, 15) is 17.8 Å². The highest BCUT2D eigenvalue weighted by Crippen LogP contribution is 2.44. The molecule has 2 fully saturated rings. The Morgan fingerprint density at radius 1 is 0.824 bits per heavy atom. The van der Waals surface area contributed by atoms with Crippen LogP contribution in [0.15, 0.2) is 42.6 Å². The van der Waals surface area contributed by atoms with Gasteiger partial charge in [0.05, 0.1) is 10.5 Å². The van der Waals surface area contributed by atoms with Gasteiger partial charge in [-0.1, -0.05) is 54.5 Å². The predicted octanol–water partition coefficient (Wildman–Crippen LogP) is 8.19. The minimum Gasteiger partial charge on any atom is -0.744 e. The molecule has 0 radical (unpaired) electrons. The fraction of sp³-hybridized carbons (Fsp3) is 0.480. The molecule has 0 spiro atoms. The van der Waals surface area contributed by atoms with Crippen LogP contribution in [0.1, 0.15) is 97.5 Å². The summed E-state index contributed by atoms with van der Waals surface area (Å²) in [7, 11) is -4.67. The van der Waals surface area contributed by atoms with Crippen molar-refractivity contribution < 1.29 is 22.5 Å². The summed E-state index contributed by atoms with van der Waals surface area (Å²) in [6.45, 7) is 0. The lowest BCUT2D eigenvalue weighted by Crippen LogP contribution is -2.17. The average Bonchev–Trinajstić information content (AvgIpc) is 2.81. The zero-order chi connectivity index (χ0) is 24.5. The summed E-state index contributed by atoms with van der Waals surface area (Å²) in [6, 6.07) is 6.68. The highest BCUT2D eigenvalue weighted by atomic mass is 79.9. The molecule has 0 aliphatic heterocycles. The Morgan fingerprint density at radius 3 is 1.94 bits per heavy atom. The topological polar surface area (TPSA) is 83.5 Å². The van der Waals surface area contributed by atoms with Gasteiger partial charge in [0, 0.05) is 13.4 Å². The van der Waals surface area contributed by atoms with Gasteiger partial charge in [0.15, 0.2) is 0 Å². The normalized spacial score (nSPS) is 18.1. The maximum atomic E-state index is 13.3. The highest BCUT2D eigenvalue weighted by Gasteiger charge is 2.28. The van der Waals surface area contributed by atoms with Crippen molar-refractivity contribution >= 4 is 63.9 Å². The molecule has 9 heteroatoms. The van der Waals surface area contributed by atoms with Crippen molar-refractivity contribution in [1.29, 1.82) is 0 Å². The molecule has 2 saturated carbocycles. The van der Waals surface area contributed by atoms with Gasteiger partial charge >= 0.3 is 5.97 Å². The van der Waals surface area contributed by atoms with E-state index in [1.165, 1.54) is 6.07 Å². The van der Waals surface area contributed by atoms with Gasteiger partial charge in [-0.3, -0.25) is 0 Å². The first-order valence-electron chi connectivity index (χ1n) is 11.7. The molecule has 0 unspecified atom stereocenters. The van der Waals surface area contributed by atoms with E-state index in [1.54, 1.807) is 12.1 Å². The Bertz CT molecular complexity index is 1180. The minimum absolute atomic E-state index is 0.0305. The molecule has 0 heterocycles. The van der Waals surface area contributed by atoms with E-state index >= 15 is 0 Å². The molecule has 4 rings (SSSR count). The van der Waals surface area contributed by atoms with Gasteiger partial charge in [-0.05, 0) is 105 Å². The van der Waals surface area contributed by atoms with Crippen molar-refractivity contribution in [2.24, 2.45) is 0 Å². The average molecular weight is 678 g/mol. The smallest absolute Gasteiger partial charge is 0.344 e. The molecule has 0 aromatic heterocycles. The molecule has 0 saturated heterocycles. The number of carbonyl (C=O) groups excluding carboxylic acids is 1. The van der Waals surface area contributed by atoms with Crippen molar-refractivity contribution in [2.45, 2.75) is 80.9 Å². The van der Waals surface area contributed by atoms with Gasteiger partial charge < -0.3 is 9.29 Å². The molecular formula is C25H26Br3O5S-. The van der Waals surface area contributed by atoms with Crippen molar-refractivity contribution in [3.8, 4) is 5.75 Å². The summed E-state index contributed by atoms with van der Waals surface area (Å²) in [5.41, 5.74) is 1.48. The van der Waals surface area contributed by atoms with Gasteiger partial charge in [0.1, 0.15) is 15.9 Å². The number of carbonyl (C=O) groups is 1. The first-order chi connectivity index (χ1) is 16.1. The third-order valence-electron chi connectivity index (χ3n) is 6.92. The summed E-state index contributed by atoms with van der Waals surface area (Å²) in [6.07, 6.45) is 9.63. The monoisotopic (exact) mass is 675 g/mol. The Labute approximate surface area is 226 Å². The van der Waals surface area contributed by atoms with E-state index in [-0.39, 0.29) is 16.7 Å². The number of halogens is 3. The maximum absolute atomic E-state index is 13.3. The third-order valence-corrected chi connectivity index (χ3v) is 10.3. The quantitative estimate of drug-likeness (QED) is 0.138. The third kappa shape index (κ3) is 5.97. The van der Waals surface area contributed by atoms with Crippen molar-refractivity contribution in [3.05, 3.63) is 54.4 Å². The Kier molecular flexibility index (Phi) is 8.61. The van der Waals surface area contributed by atoms with Crippen LogP contribution in [-0.4, -0.2) is 18.9 Å². The van der Waals surface area contributed by atoms with Crippen LogP contribution in [0.5, 0.6) is 5.75 Å². The molecule has 2 aliphatic carbocycles. The van der Waals surface area contributed by atoms with Crippen LogP contribution in [0.4, 0.5) is 0 Å². The second-order valence-corrected chi connectivity index (χ2v) is 13.1. The number of rotatable bonds is 5. The highest BCUT2D eigenvalue weighted by molar-refractivity contribution is 9.13. The van der Waals surface area contributed by atoms with E-state index in [0.29, 0.717) is 31.4 Å². The Balaban J connectivity index is 1.82. The summed E-state index contributed by atoms with van der Waals surface area (Å²) < 4.78 is 44.9. The minimum atomic E-state index is -4.67. The Morgan fingerprint density at radius 2 is 1.38 bits per heavy atom. The van der Waals surface area contributed by atoms with Crippen molar-refractivity contribution in [2.75, 3.05) is 0 Å². The fourth-order valence-corrected chi connectivity index (χ4v) is 7.62. The molecule has 0 N–H and O–H groups in total. The standard InChI is InChI=1S/C25H27Br3O5S/c26-17-11-20(24(28)21(27)12-17)25(29)33-22-13-19(16-9-5-2-6-10-16)23(34(30,31)32)14-18(22)15-7-3-1-4-8-15/h11-16H,1-10H2,(H,30,31,32)/p-1. The lowest BCUT2D eigenvalue weighted by molar-refractivity contribution is 0.0730. The van der Waals surface area contributed by atoms with Gasteiger partial charge in [0.25, 0.3) is 0 Å². The Hall–Kier alpha value is -0.740. The first-order valence-corrected chi connectivity index (χ1v) is 15.4. The SMILES string of the molecule is O=C(Oc1cc(C2CCCCC2)c(S(=O)(=O)[O-])cc1C1CCCCC1)c1cc(Br)cc(Br)c1Br. The lowest BCUT2D eigenvalue weighted by Gasteiger charge is -2.29. The molecule has 0 atom stereocenters. The zero-order valence-electron chi connectivity index (χ0n) is 18.6. The predicted molar refractivity (Wildman–Crippen MR) is 141 cm³/mol. The van der Waals surface area contributed by atoms with Crippen LogP contribution < -0.4 is 4.74 Å². The van der Waals surface area contributed by atoms with Gasteiger partial charge in [-0.15, -0.1) is 0 Å². The lowest BCUT2D eigenvalue weighted by atomic mass is 9.80. The maximum Gasteiger partial charge on any atom is 0.344 e. The fourth-order valence-electron chi connectivity index (χ4n) is 5.22. The first kappa shape index (κ1) is 26.3. The molecular weight excluding hydrogens is 652 g/mol. The summed E-state index contributed by atoms with van der Waals surface area (Å²) in [5.74, 6) is -0.154. The van der Waals surface area contributed by atoms with Crippen LogP contribution in [0, 0.1) is 0 Å². The van der Waals surface area contributed by atoms with Gasteiger partial charge in [-0.25, -0.2) is 13.2 Å². The van der Waals surface area contributed by atoms with Crippen LogP contribution in [0.3, 0.4) is 0 Å². The number of ether oxygens (including phenoxy) is 1. The molecule has 0 bridgehead atoms. The van der Waals surface area contributed by atoms with Crippen LogP contribution >= 0.6 is 47.8 Å². The zero-order valence-corrected chi connectivity index (χ0v) is 24.2. The molecule has 0 amide bonds. The summed E-state index contributed by atoms with van der Waals surface area (Å²) >= 11 is 10.3. The van der Waals surface area contributed by atoms with Crippen LogP contribution in [0.25, 0.3) is 0 Å². The molecule has 5 nitrogen and oxygen atoms in total. The summed E-state index contributed by atoms with van der Waals surface area (Å²) in [4.78, 5) is 13.1. The summed E-state index contributed by atoms with van der Waals surface area (Å²) in [5, 5.41) is 0. The molecule has 2 aromatic carbocycles. The second-order valence-electron chi connectivity index (χ2n) is 9.19. The van der Waals surface area contributed by atoms with E-state index in [2.05, 4.69) is 47.8 Å².